The highest BCUT2D eigenvalue weighted by Crippen LogP contribution is 2.27. The summed E-state index contributed by atoms with van der Waals surface area (Å²) in [5, 5.41) is 3.58. The molecule has 3 aromatic rings. The van der Waals surface area contributed by atoms with Crippen molar-refractivity contribution in [2.75, 3.05) is 6.54 Å². The van der Waals surface area contributed by atoms with Crippen LogP contribution in [-0.4, -0.2) is 26.0 Å². The first kappa shape index (κ1) is 21.8. The molecule has 2 aromatic heterocycles. The summed E-state index contributed by atoms with van der Waals surface area (Å²) >= 11 is 0. The van der Waals surface area contributed by atoms with E-state index in [1.165, 1.54) is 11.2 Å². The molecule has 0 atom stereocenters. The van der Waals surface area contributed by atoms with Crippen LogP contribution in [0.5, 0.6) is 0 Å². The Bertz CT molecular complexity index is 835. The zero-order valence-electron chi connectivity index (χ0n) is 16.0. The fraction of sp³-hybridized carbons (Fsp3) is 0.526. The van der Waals surface area contributed by atoms with E-state index in [0.717, 1.165) is 24.4 Å². The van der Waals surface area contributed by atoms with Crippen LogP contribution < -0.4 is 5.32 Å². The smallest absolute Gasteiger partial charge is 0.215 e. The Morgan fingerprint density at radius 2 is 1.64 bits per heavy atom. The summed E-state index contributed by atoms with van der Waals surface area (Å²) in [6.07, 6.45) is 2.25. The predicted molar refractivity (Wildman–Crippen MR) is 112 cm³/mol. The summed E-state index contributed by atoms with van der Waals surface area (Å²) in [6, 6.07) is 8.34. The molecule has 0 bridgehead atoms. The molecule has 4 nitrogen and oxygen atoms in total. The van der Waals surface area contributed by atoms with E-state index in [9.17, 15) is 0 Å². The third-order valence-electron chi connectivity index (χ3n) is 4.12. The van der Waals surface area contributed by atoms with Gasteiger partial charge in [0.2, 0.25) is 5.78 Å². The second-order valence-corrected chi connectivity index (χ2v) is 8.36. The van der Waals surface area contributed by atoms with Crippen LogP contribution in [0, 0.1) is 0 Å². The molecule has 3 rings (SSSR count). The quantitative estimate of drug-likeness (QED) is 0.702. The summed E-state index contributed by atoms with van der Waals surface area (Å²) in [4.78, 5) is 4.86. The van der Waals surface area contributed by atoms with Crippen LogP contribution in [0.3, 0.4) is 0 Å². The summed E-state index contributed by atoms with van der Waals surface area (Å²) in [6.45, 7) is 15.2. The Labute approximate surface area is 162 Å². The minimum absolute atomic E-state index is 0. The van der Waals surface area contributed by atoms with E-state index >= 15 is 0 Å². The second-order valence-electron chi connectivity index (χ2n) is 8.36. The molecule has 2 heterocycles. The average molecular weight is 385 g/mol. The minimum atomic E-state index is 0. The molecule has 0 saturated carbocycles. The van der Waals surface area contributed by atoms with Gasteiger partial charge in [-0.3, -0.25) is 4.40 Å². The largest absolute Gasteiger partial charge is 0.312 e. The molecular weight excluding hydrogens is 355 g/mol. The van der Waals surface area contributed by atoms with Crippen LogP contribution in [0.1, 0.15) is 47.2 Å². The monoisotopic (exact) mass is 384 g/mol. The molecule has 0 spiro atoms. The molecule has 0 amide bonds. The summed E-state index contributed by atoms with van der Waals surface area (Å²) in [5.41, 5.74) is 3.77. The van der Waals surface area contributed by atoms with Gasteiger partial charge in [0.25, 0.3) is 0 Å². The van der Waals surface area contributed by atoms with Gasteiger partial charge >= 0.3 is 0 Å². The van der Waals surface area contributed by atoms with Gasteiger partial charge in [-0.2, -0.15) is 0 Å². The van der Waals surface area contributed by atoms with Crippen molar-refractivity contribution in [1.82, 2.24) is 19.3 Å². The van der Waals surface area contributed by atoms with Crippen molar-refractivity contribution < 1.29 is 0 Å². The number of fused-ring (bicyclic) bond motifs is 3. The van der Waals surface area contributed by atoms with Crippen LogP contribution in [0.4, 0.5) is 0 Å². The maximum atomic E-state index is 4.86. The highest BCUT2D eigenvalue weighted by atomic mass is 35.5. The molecule has 6 heteroatoms. The van der Waals surface area contributed by atoms with Gasteiger partial charge in [-0.1, -0.05) is 32.9 Å². The van der Waals surface area contributed by atoms with E-state index in [4.69, 9.17) is 4.98 Å². The third-order valence-corrected chi connectivity index (χ3v) is 4.12. The SMILES string of the molecule is CC(C)(C)NCCn1c(C(C)(C)C)cn2c3ccccc3nc12.Cl.Cl. The highest BCUT2D eigenvalue weighted by Gasteiger charge is 2.23. The Hall–Kier alpha value is -1.23. The average Bonchev–Trinajstić information content (AvgIpc) is 2.94. The number of nitrogens with one attached hydrogen (secondary N) is 1. The Kier molecular flexibility index (Phi) is 6.60. The molecule has 0 aliphatic rings. The molecule has 1 aromatic carbocycles. The Morgan fingerprint density at radius 3 is 2.24 bits per heavy atom. The standard InChI is InChI=1S/C19H28N4.2ClH/c1-18(2,3)16-13-23-15-10-8-7-9-14(15)21-17(23)22(16)12-11-20-19(4,5)6;;/h7-10,13,20H,11-12H2,1-6H3;2*1H. The van der Waals surface area contributed by atoms with Gasteiger partial charge < -0.3 is 9.88 Å². The van der Waals surface area contributed by atoms with E-state index in [2.05, 4.69) is 80.2 Å². The molecule has 25 heavy (non-hydrogen) atoms. The van der Waals surface area contributed by atoms with E-state index in [1.807, 2.05) is 6.07 Å². The summed E-state index contributed by atoms with van der Waals surface area (Å²) in [5.74, 6) is 1.03. The van der Waals surface area contributed by atoms with Gasteiger partial charge in [0.15, 0.2) is 0 Å². The normalized spacial score (nSPS) is 12.2. The highest BCUT2D eigenvalue weighted by molar-refractivity contribution is 5.85. The maximum absolute atomic E-state index is 4.86. The molecule has 1 N–H and O–H groups in total. The number of benzene rings is 1. The molecule has 0 saturated heterocycles. The molecule has 0 radical (unpaired) electrons. The number of imidazole rings is 2. The topological polar surface area (TPSA) is 34.3 Å². The van der Waals surface area contributed by atoms with Gasteiger partial charge in [0, 0.05) is 35.9 Å². The van der Waals surface area contributed by atoms with E-state index in [1.54, 1.807) is 0 Å². The fourth-order valence-corrected chi connectivity index (χ4v) is 3.01. The number of hydrogen-bond donors (Lipinski definition) is 1. The molecule has 0 fully saturated rings. The maximum Gasteiger partial charge on any atom is 0.215 e. The Balaban J connectivity index is 0.00000156. The zero-order valence-corrected chi connectivity index (χ0v) is 17.6. The number of rotatable bonds is 3. The van der Waals surface area contributed by atoms with Crippen molar-refractivity contribution in [2.24, 2.45) is 0 Å². The van der Waals surface area contributed by atoms with Gasteiger partial charge in [0.1, 0.15) is 0 Å². The lowest BCUT2D eigenvalue weighted by Crippen LogP contribution is -2.38. The first-order valence-electron chi connectivity index (χ1n) is 8.39. The number of hydrogen-bond acceptors (Lipinski definition) is 2. The van der Waals surface area contributed by atoms with Crippen molar-refractivity contribution in [2.45, 2.75) is 59.0 Å². The van der Waals surface area contributed by atoms with Gasteiger partial charge in [0.05, 0.1) is 11.0 Å². The van der Waals surface area contributed by atoms with Crippen LogP contribution in [0.2, 0.25) is 0 Å². The van der Waals surface area contributed by atoms with Gasteiger partial charge in [-0.15, -0.1) is 24.8 Å². The zero-order chi connectivity index (χ0) is 16.8. The lowest BCUT2D eigenvalue weighted by molar-refractivity contribution is 0.406. The number of aromatic nitrogens is 3. The van der Waals surface area contributed by atoms with Gasteiger partial charge in [-0.25, -0.2) is 4.98 Å². The number of nitrogens with zero attached hydrogens (tertiary/aromatic N) is 3. The molecule has 140 valence electrons. The van der Waals surface area contributed by atoms with Crippen LogP contribution >= 0.6 is 24.8 Å². The van der Waals surface area contributed by atoms with E-state index in [-0.39, 0.29) is 35.8 Å². The van der Waals surface area contributed by atoms with Crippen LogP contribution in [0.25, 0.3) is 16.8 Å². The molecular formula is C19H30Cl2N4. The summed E-state index contributed by atoms with van der Waals surface area (Å²) in [7, 11) is 0. The van der Waals surface area contributed by atoms with Crippen molar-refractivity contribution in [3.05, 3.63) is 36.2 Å². The van der Waals surface area contributed by atoms with Crippen molar-refractivity contribution >= 4 is 41.6 Å². The number of halogens is 2. The fourth-order valence-electron chi connectivity index (χ4n) is 3.01. The van der Waals surface area contributed by atoms with Gasteiger partial charge in [-0.05, 0) is 32.9 Å². The lowest BCUT2D eigenvalue weighted by atomic mass is 9.92. The first-order chi connectivity index (χ1) is 10.7. The van der Waals surface area contributed by atoms with Crippen molar-refractivity contribution in [1.29, 1.82) is 0 Å². The third kappa shape index (κ3) is 4.49. The van der Waals surface area contributed by atoms with Crippen molar-refractivity contribution in [3.63, 3.8) is 0 Å². The number of para-hydroxylation sites is 2. The van der Waals surface area contributed by atoms with E-state index < -0.39 is 0 Å². The molecule has 0 aliphatic heterocycles. The Morgan fingerprint density at radius 1 is 1.00 bits per heavy atom. The molecule has 0 unspecified atom stereocenters. The van der Waals surface area contributed by atoms with E-state index in [0.29, 0.717) is 0 Å². The second kappa shape index (κ2) is 7.56. The lowest BCUT2D eigenvalue weighted by Gasteiger charge is -2.24. The van der Waals surface area contributed by atoms with Crippen LogP contribution in [0.15, 0.2) is 30.5 Å². The first-order valence-corrected chi connectivity index (χ1v) is 8.39. The minimum Gasteiger partial charge on any atom is -0.312 e. The van der Waals surface area contributed by atoms with Crippen LogP contribution in [-0.2, 0) is 12.0 Å². The van der Waals surface area contributed by atoms with Crippen molar-refractivity contribution in [3.8, 4) is 0 Å². The molecule has 0 aliphatic carbocycles. The predicted octanol–water partition coefficient (Wildman–Crippen LogP) is 4.82. The summed E-state index contributed by atoms with van der Waals surface area (Å²) < 4.78 is 4.59.